The molecule has 4 heteroatoms. The van der Waals surface area contributed by atoms with Crippen LogP contribution >= 0.6 is 0 Å². The van der Waals surface area contributed by atoms with Crippen molar-refractivity contribution in [3.05, 3.63) is 23.8 Å². The molecule has 2 aliphatic rings. The van der Waals surface area contributed by atoms with Crippen molar-refractivity contribution in [2.45, 2.75) is 18.9 Å². The summed E-state index contributed by atoms with van der Waals surface area (Å²) in [5, 5.41) is 6.92. The molecule has 0 aliphatic carbocycles. The third-order valence-electron chi connectivity index (χ3n) is 3.34. The Kier molecular flexibility index (Phi) is 3.16. The first-order valence-corrected chi connectivity index (χ1v) is 6.24. The van der Waals surface area contributed by atoms with E-state index in [1.54, 1.807) is 0 Å². The largest absolute Gasteiger partial charge is 0.454 e. The number of hydrogen-bond donors (Lipinski definition) is 2. The summed E-state index contributed by atoms with van der Waals surface area (Å²) in [5.41, 5.74) is 1.30. The zero-order valence-electron chi connectivity index (χ0n) is 9.87. The molecule has 1 aromatic rings. The van der Waals surface area contributed by atoms with Gasteiger partial charge in [-0.3, -0.25) is 0 Å². The Morgan fingerprint density at radius 3 is 3.12 bits per heavy atom. The topological polar surface area (TPSA) is 42.5 Å². The molecular weight excluding hydrogens is 216 g/mol. The molecule has 2 heterocycles. The minimum atomic E-state index is 0.352. The Hall–Kier alpha value is -1.26. The van der Waals surface area contributed by atoms with Crippen molar-refractivity contribution in [1.29, 1.82) is 0 Å². The second-order valence-electron chi connectivity index (χ2n) is 4.58. The summed E-state index contributed by atoms with van der Waals surface area (Å²) in [6.07, 6.45) is 2.27. The number of benzene rings is 1. The van der Waals surface area contributed by atoms with Crippen LogP contribution < -0.4 is 20.1 Å². The predicted octanol–water partition coefficient (Wildman–Crippen LogP) is 0.909. The Balaban J connectivity index is 1.51. The monoisotopic (exact) mass is 234 g/mol. The van der Waals surface area contributed by atoms with E-state index in [9.17, 15) is 0 Å². The molecule has 2 N–H and O–H groups in total. The molecule has 0 bridgehead atoms. The SMILES string of the molecule is c1cc2c(cc1CCNC1CCNC1)OCO2. The van der Waals surface area contributed by atoms with Crippen LogP contribution in [0, 0.1) is 0 Å². The summed E-state index contributed by atoms with van der Waals surface area (Å²) >= 11 is 0. The van der Waals surface area contributed by atoms with Gasteiger partial charge in [-0.2, -0.15) is 0 Å². The van der Waals surface area contributed by atoms with E-state index in [4.69, 9.17) is 9.47 Å². The van der Waals surface area contributed by atoms with Gasteiger partial charge < -0.3 is 20.1 Å². The van der Waals surface area contributed by atoms with E-state index in [2.05, 4.69) is 22.8 Å². The van der Waals surface area contributed by atoms with Crippen LogP contribution in [-0.4, -0.2) is 32.5 Å². The lowest BCUT2D eigenvalue weighted by Gasteiger charge is -2.11. The fourth-order valence-corrected chi connectivity index (χ4v) is 2.35. The quantitative estimate of drug-likeness (QED) is 0.812. The standard InChI is InChI=1S/C13H18N2O2/c1-2-12-13(17-9-16-12)7-10(1)3-6-15-11-4-5-14-8-11/h1-2,7,11,14-15H,3-6,8-9H2. The number of nitrogens with one attached hydrogen (secondary N) is 2. The van der Waals surface area contributed by atoms with Crippen molar-refractivity contribution in [2.24, 2.45) is 0 Å². The van der Waals surface area contributed by atoms with Crippen LogP contribution in [0.2, 0.25) is 0 Å². The number of rotatable bonds is 4. The lowest BCUT2D eigenvalue weighted by Crippen LogP contribution is -2.32. The smallest absolute Gasteiger partial charge is 0.231 e. The van der Waals surface area contributed by atoms with E-state index in [-0.39, 0.29) is 0 Å². The van der Waals surface area contributed by atoms with E-state index in [0.29, 0.717) is 12.8 Å². The summed E-state index contributed by atoms with van der Waals surface area (Å²) < 4.78 is 10.7. The van der Waals surface area contributed by atoms with Crippen molar-refractivity contribution < 1.29 is 9.47 Å². The molecule has 17 heavy (non-hydrogen) atoms. The second kappa shape index (κ2) is 4.94. The maximum absolute atomic E-state index is 5.37. The number of hydrogen-bond acceptors (Lipinski definition) is 4. The van der Waals surface area contributed by atoms with Crippen molar-refractivity contribution in [3.8, 4) is 11.5 Å². The highest BCUT2D eigenvalue weighted by atomic mass is 16.7. The molecule has 2 aliphatic heterocycles. The summed E-state index contributed by atoms with van der Waals surface area (Å²) in [6.45, 7) is 3.61. The van der Waals surface area contributed by atoms with E-state index in [0.717, 1.165) is 37.6 Å². The summed E-state index contributed by atoms with van der Waals surface area (Å²) in [7, 11) is 0. The Bertz CT molecular complexity index is 389. The van der Waals surface area contributed by atoms with Crippen molar-refractivity contribution >= 4 is 0 Å². The third kappa shape index (κ3) is 2.53. The molecule has 1 aromatic carbocycles. The van der Waals surface area contributed by atoms with Crippen LogP contribution in [0.15, 0.2) is 18.2 Å². The van der Waals surface area contributed by atoms with Gasteiger partial charge in [-0.15, -0.1) is 0 Å². The van der Waals surface area contributed by atoms with Crippen molar-refractivity contribution in [3.63, 3.8) is 0 Å². The van der Waals surface area contributed by atoms with Crippen LogP contribution in [-0.2, 0) is 6.42 Å². The average Bonchev–Trinajstić information content (AvgIpc) is 2.98. The predicted molar refractivity (Wildman–Crippen MR) is 65.5 cm³/mol. The first-order chi connectivity index (χ1) is 8.42. The van der Waals surface area contributed by atoms with E-state index >= 15 is 0 Å². The molecule has 0 radical (unpaired) electrons. The van der Waals surface area contributed by atoms with Gasteiger partial charge in [0.05, 0.1) is 0 Å². The third-order valence-corrected chi connectivity index (χ3v) is 3.34. The fraction of sp³-hybridized carbons (Fsp3) is 0.538. The zero-order valence-corrected chi connectivity index (χ0v) is 9.87. The number of fused-ring (bicyclic) bond motifs is 1. The number of ether oxygens (including phenoxy) is 2. The minimum Gasteiger partial charge on any atom is -0.454 e. The first kappa shape index (κ1) is 10.9. The molecule has 92 valence electrons. The highest BCUT2D eigenvalue weighted by molar-refractivity contribution is 5.44. The molecule has 1 fully saturated rings. The van der Waals surface area contributed by atoms with E-state index in [1.807, 2.05) is 6.07 Å². The average molecular weight is 234 g/mol. The zero-order chi connectivity index (χ0) is 11.5. The molecule has 1 atom stereocenters. The maximum Gasteiger partial charge on any atom is 0.231 e. The van der Waals surface area contributed by atoms with Gasteiger partial charge in [0.25, 0.3) is 0 Å². The second-order valence-corrected chi connectivity index (χ2v) is 4.58. The molecular formula is C13H18N2O2. The van der Waals surface area contributed by atoms with Crippen LogP contribution in [0.1, 0.15) is 12.0 Å². The van der Waals surface area contributed by atoms with Gasteiger partial charge in [0.15, 0.2) is 11.5 Å². The van der Waals surface area contributed by atoms with Crippen LogP contribution in [0.25, 0.3) is 0 Å². The van der Waals surface area contributed by atoms with Gasteiger partial charge in [-0.05, 0) is 43.6 Å². The maximum atomic E-state index is 5.37. The van der Waals surface area contributed by atoms with E-state index < -0.39 is 0 Å². The summed E-state index contributed by atoms with van der Waals surface area (Å²) in [6, 6.07) is 6.83. The van der Waals surface area contributed by atoms with Crippen molar-refractivity contribution in [2.75, 3.05) is 26.4 Å². The molecule has 4 nitrogen and oxygen atoms in total. The minimum absolute atomic E-state index is 0.352. The summed E-state index contributed by atoms with van der Waals surface area (Å²) in [4.78, 5) is 0. The fourth-order valence-electron chi connectivity index (χ4n) is 2.35. The molecule has 0 aromatic heterocycles. The highest BCUT2D eigenvalue weighted by Crippen LogP contribution is 2.32. The molecule has 1 unspecified atom stereocenters. The van der Waals surface area contributed by atoms with Crippen molar-refractivity contribution in [1.82, 2.24) is 10.6 Å². The van der Waals surface area contributed by atoms with E-state index in [1.165, 1.54) is 12.0 Å². The van der Waals surface area contributed by atoms with Crippen LogP contribution in [0.5, 0.6) is 11.5 Å². The first-order valence-electron chi connectivity index (χ1n) is 6.24. The van der Waals surface area contributed by atoms with Crippen LogP contribution in [0.3, 0.4) is 0 Å². The van der Waals surface area contributed by atoms with Gasteiger partial charge in [0.1, 0.15) is 0 Å². The van der Waals surface area contributed by atoms with Gasteiger partial charge in [0.2, 0.25) is 6.79 Å². The van der Waals surface area contributed by atoms with Gasteiger partial charge in [-0.1, -0.05) is 6.07 Å². The normalized spacial score (nSPS) is 22.0. The molecule has 3 rings (SSSR count). The Labute approximate surface area is 101 Å². The molecule has 1 saturated heterocycles. The lowest BCUT2D eigenvalue weighted by molar-refractivity contribution is 0.174. The summed E-state index contributed by atoms with van der Waals surface area (Å²) in [5.74, 6) is 1.74. The Morgan fingerprint density at radius 2 is 2.24 bits per heavy atom. The van der Waals surface area contributed by atoms with Gasteiger partial charge >= 0.3 is 0 Å². The van der Waals surface area contributed by atoms with Gasteiger partial charge in [0, 0.05) is 12.6 Å². The Morgan fingerprint density at radius 1 is 1.29 bits per heavy atom. The van der Waals surface area contributed by atoms with Gasteiger partial charge in [-0.25, -0.2) is 0 Å². The van der Waals surface area contributed by atoms with Crippen LogP contribution in [0.4, 0.5) is 0 Å². The molecule has 0 spiro atoms. The highest BCUT2D eigenvalue weighted by Gasteiger charge is 2.14. The molecule has 0 saturated carbocycles. The molecule has 0 amide bonds. The lowest BCUT2D eigenvalue weighted by atomic mass is 10.1.